The number of benzene rings is 1. The summed E-state index contributed by atoms with van der Waals surface area (Å²) in [7, 11) is 0. The Labute approximate surface area is 134 Å². The molecule has 0 bridgehead atoms. The monoisotopic (exact) mass is 317 g/mol. The number of esters is 1. The number of ether oxygens (including phenoxy) is 2. The first-order chi connectivity index (χ1) is 10.6. The summed E-state index contributed by atoms with van der Waals surface area (Å²) in [5.41, 5.74) is 2.34. The molecule has 1 aromatic heterocycles. The van der Waals surface area contributed by atoms with Crippen LogP contribution in [0.4, 0.5) is 0 Å². The molecule has 0 spiro atoms. The second-order valence-electron chi connectivity index (χ2n) is 4.78. The first-order valence-electron chi connectivity index (χ1n) is 7.04. The number of pyridine rings is 1. The number of rotatable bonds is 7. The second-order valence-corrected chi connectivity index (χ2v) is 5.80. The molecule has 0 saturated carbocycles. The SMILES string of the molecule is CC(=O)OCCOc1ncc(C)cc1SCc1ccccc1. The molecule has 2 rings (SSSR count). The van der Waals surface area contributed by atoms with Gasteiger partial charge in [0.15, 0.2) is 0 Å². The number of hydrogen-bond acceptors (Lipinski definition) is 5. The zero-order chi connectivity index (χ0) is 15.8. The van der Waals surface area contributed by atoms with Crippen molar-refractivity contribution in [2.75, 3.05) is 13.2 Å². The van der Waals surface area contributed by atoms with Crippen LogP contribution in [0.2, 0.25) is 0 Å². The highest BCUT2D eigenvalue weighted by atomic mass is 32.2. The van der Waals surface area contributed by atoms with Crippen LogP contribution in [0.5, 0.6) is 5.88 Å². The van der Waals surface area contributed by atoms with Gasteiger partial charge in [-0.3, -0.25) is 4.79 Å². The second kappa shape index (κ2) is 8.44. The summed E-state index contributed by atoms with van der Waals surface area (Å²) in [5, 5.41) is 0. The minimum Gasteiger partial charge on any atom is -0.473 e. The van der Waals surface area contributed by atoms with E-state index >= 15 is 0 Å². The molecule has 1 heterocycles. The largest absolute Gasteiger partial charge is 0.473 e. The summed E-state index contributed by atoms with van der Waals surface area (Å²) in [4.78, 5) is 16.0. The van der Waals surface area contributed by atoms with Crippen LogP contribution < -0.4 is 4.74 Å². The van der Waals surface area contributed by atoms with Crippen LogP contribution in [0, 0.1) is 6.92 Å². The molecule has 0 saturated heterocycles. The highest BCUT2D eigenvalue weighted by molar-refractivity contribution is 7.98. The Kier molecular flexibility index (Phi) is 6.27. The lowest BCUT2D eigenvalue weighted by Gasteiger charge is -2.11. The molecule has 4 nitrogen and oxygen atoms in total. The third-order valence-electron chi connectivity index (χ3n) is 2.82. The molecular formula is C17H19NO3S. The van der Waals surface area contributed by atoms with Crippen molar-refractivity contribution in [2.45, 2.75) is 24.5 Å². The van der Waals surface area contributed by atoms with E-state index < -0.39 is 0 Å². The van der Waals surface area contributed by atoms with Crippen molar-refractivity contribution in [3.63, 3.8) is 0 Å². The molecular weight excluding hydrogens is 298 g/mol. The van der Waals surface area contributed by atoms with E-state index in [0.29, 0.717) is 12.5 Å². The lowest BCUT2D eigenvalue weighted by Crippen LogP contribution is -2.10. The van der Waals surface area contributed by atoms with Gasteiger partial charge in [-0.15, -0.1) is 11.8 Å². The van der Waals surface area contributed by atoms with Gasteiger partial charge in [-0.1, -0.05) is 30.3 Å². The number of carbonyl (C=O) groups is 1. The molecule has 0 aliphatic carbocycles. The van der Waals surface area contributed by atoms with Gasteiger partial charge in [-0.05, 0) is 24.1 Å². The number of carbonyl (C=O) groups excluding carboxylic acids is 1. The van der Waals surface area contributed by atoms with E-state index in [2.05, 4.69) is 23.2 Å². The van der Waals surface area contributed by atoms with Crippen LogP contribution in [0.3, 0.4) is 0 Å². The maximum absolute atomic E-state index is 10.7. The molecule has 0 unspecified atom stereocenters. The Morgan fingerprint density at radius 3 is 2.73 bits per heavy atom. The number of aromatic nitrogens is 1. The van der Waals surface area contributed by atoms with Crippen molar-refractivity contribution >= 4 is 17.7 Å². The van der Waals surface area contributed by atoms with E-state index in [1.54, 1.807) is 18.0 Å². The molecule has 0 amide bonds. The van der Waals surface area contributed by atoms with Crippen LogP contribution >= 0.6 is 11.8 Å². The summed E-state index contributed by atoms with van der Waals surface area (Å²) in [6.45, 7) is 3.91. The Morgan fingerprint density at radius 1 is 1.23 bits per heavy atom. The number of aryl methyl sites for hydroxylation is 1. The molecule has 0 radical (unpaired) electrons. The van der Waals surface area contributed by atoms with Crippen molar-refractivity contribution in [2.24, 2.45) is 0 Å². The zero-order valence-electron chi connectivity index (χ0n) is 12.7. The topological polar surface area (TPSA) is 48.4 Å². The summed E-state index contributed by atoms with van der Waals surface area (Å²) in [6.07, 6.45) is 1.77. The first-order valence-corrected chi connectivity index (χ1v) is 8.03. The average molecular weight is 317 g/mol. The minimum absolute atomic E-state index is 0.230. The van der Waals surface area contributed by atoms with E-state index in [1.165, 1.54) is 12.5 Å². The maximum Gasteiger partial charge on any atom is 0.302 e. The number of thioether (sulfide) groups is 1. The molecule has 5 heteroatoms. The van der Waals surface area contributed by atoms with Gasteiger partial charge in [0, 0.05) is 18.9 Å². The van der Waals surface area contributed by atoms with E-state index in [9.17, 15) is 4.79 Å². The molecule has 22 heavy (non-hydrogen) atoms. The van der Waals surface area contributed by atoms with E-state index in [0.717, 1.165) is 16.2 Å². The van der Waals surface area contributed by atoms with Crippen molar-refractivity contribution in [1.82, 2.24) is 4.98 Å². The minimum atomic E-state index is -0.306. The molecule has 0 aliphatic heterocycles. The van der Waals surface area contributed by atoms with Crippen LogP contribution in [-0.4, -0.2) is 24.2 Å². The summed E-state index contributed by atoms with van der Waals surface area (Å²) in [6, 6.07) is 12.3. The number of hydrogen-bond donors (Lipinski definition) is 0. The molecule has 0 fully saturated rings. The smallest absolute Gasteiger partial charge is 0.302 e. The van der Waals surface area contributed by atoms with Gasteiger partial charge >= 0.3 is 5.97 Å². The Bertz CT molecular complexity index is 617. The van der Waals surface area contributed by atoms with Crippen LogP contribution in [0.1, 0.15) is 18.1 Å². The Morgan fingerprint density at radius 2 is 2.00 bits per heavy atom. The van der Waals surface area contributed by atoms with Gasteiger partial charge in [0.2, 0.25) is 5.88 Å². The molecule has 2 aromatic rings. The first kappa shape index (κ1) is 16.4. The van der Waals surface area contributed by atoms with E-state index in [1.807, 2.05) is 25.1 Å². The standard InChI is InChI=1S/C17H19NO3S/c1-13-10-16(22-12-15-6-4-3-5-7-15)17(18-11-13)21-9-8-20-14(2)19/h3-7,10-11H,8-9,12H2,1-2H3. The van der Waals surface area contributed by atoms with Gasteiger partial charge in [0.05, 0.1) is 4.90 Å². The van der Waals surface area contributed by atoms with Crippen LogP contribution in [0.15, 0.2) is 47.5 Å². The number of nitrogens with zero attached hydrogens (tertiary/aromatic N) is 1. The third kappa shape index (κ3) is 5.41. The predicted molar refractivity (Wildman–Crippen MR) is 87.1 cm³/mol. The lowest BCUT2D eigenvalue weighted by molar-refractivity contribution is -0.141. The summed E-state index contributed by atoms with van der Waals surface area (Å²) >= 11 is 1.68. The van der Waals surface area contributed by atoms with Gasteiger partial charge in [0.25, 0.3) is 0 Å². The van der Waals surface area contributed by atoms with Crippen LogP contribution in [-0.2, 0) is 15.3 Å². The fourth-order valence-corrected chi connectivity index (χ4v) is 2.82. The predicted octanol–water partition coefficient (Wildman–Crippen LogP) is 3.62. The summed E-state index contributed by atoms with van der Waals surface area (Å²) in [5.74, 6) is 1.13. The Hall–Kier alpha value is -2.01. The fraction of sp³-hybridized carbons (Fsp3) is 0.294. The van der Waals surface area contributed by atoms with Crippen molar-refractivity contribution in [3.8, 4) is 5.88 Å². The molecule has 116 valence electrons. The van der Waals surface area contributed by atoms with E-state index in [-0.39, 0.29) is 12.6 Å². The van der Waals surface area contributed by atoms with Gasteiger partial charge in [0.1, 0.15) is 13.2 Å². The van der Waals surface area contributed by atoms with Gasteiger partial charge < -0.3 is 9.47 Å². The van der Waals surface area contributed by atoms with Crippen molar-refractivity contribution in [3.05, 3.63) is 53.7 Å². The van der Waals surface area contributed by atoms with E-state index in [4.69, 9.17) is 9.47 Å². The highest BCUT2D eigenvalue weighted by Crippen LogP contribution is 2.30. The van der Waals surface area contributed by atoms with Crippen molar-refractivity contribution < 1.29 is 14.3 Å². The van der Waals surface area contributed by atoms with Gasteiger partial charge in [-0.2, -0.15) is 0 Å². The molecule has 0 aliphatic rings. The summed E-state index contributed by atoms with van der Waals surface area (Å²) < 4.78 is 10.5. The maximum atomic E-state index is 10.7. The quantitative estimate of drug-likeness (QED) is 0.443. The van der Waals surface area contributed by atoms with Gasteiger partial charge in [-0.25, -0.2) is 4.98 Å². The van der Waals surface area contributed by atoms with Crippen molar-refractivity contribution in [1.29, 1.82) is 0 Å². The highest BCUT2D eigenvalue weighted by Gasteiger charge is 2.08. The Balaban J connectivity index is 1.96. The fourth-order valence-electron chi connectivity index (χ4n) is 1.80. The molecule has 0 N–H and O–H groups in total. The average Bonchev–Trinajstić information content (AvgIpc) is 2.52. The van der Waals surface area contributed by atoms with Crippen LogP contribution in [0.25, 0.3) is 0 Å². The molecule has 1 aromatic carbocycles. The third-order valence-corrected chi connectivity index (χ3v) is 3.90. The zero-order valence-corrected chi connectivity index (χ0v) is 13.6. The normalized spacial score (nSPS) is 10.3. The lowest BCUT2D eigenvalue weighted by atomic mass is 10.2. The molecule has 0 atom stereocenters.